The van der Waals surface area contributed by atoms with Crippen molar-refractivity contribution in [2.75, 3.05) is 5.32 Å². The SMILES string of the molecule is Cc1cc(C(=O)Nc2ncc(C)s2)no1. The van der Waals surface area contributed by atoms with Crippen molar-refractivity contribution in [1.29, 1.82) is 0 Å². The fourth-order valence-electron chi connectivity index (χ4n) is 1.05. The number of aryl methyl sites for hydroxylation is 2. The van der Waals surface area contributed by atoms with Crippen molar-refractivity contribution in [3.8, 4) is 0 Å². The van der Waals surface area contributed by atoms with Gasteiger partial charge in [-0.15, -0.1) is 11.3 Å². The first kappa shape index (κ1) is 9.85. The first-order chi connectivity index (χ1) is 7.15. The number of carbonyl (C=O) groups is 1. The lowest BCUT2D eigenvalue weighted by Gasteiger charge is -1.95. The molecule has 0 aromatic carbocycles. The van der Waals surface area contributed by atoms with E-state index in [1.165, 1.54) is 11.3 Å². The number of aromatic nitrogens is 2. The monoisotopic (exact) mass is 223 g/mol. The van der Waals surface area contributed by atoms with Crippen molar-refractivity contribution in [3.63, 3.8) is 0 Å². The molecular weight excluding hydrogens is 214 g/mol. The summed E-state index contributed by atoms with van der Waals surface area (Å²) in [6.07, 6.45) is 1.70. The second-order valence-corrected chi connectivity index (χ2v) is 4.29. The van der Waals surface area contributed by atoms with Crippen molar-refractivity contribution in [2.45, 2.75) is 13.8 Å². The van der Waals surface area contributed by atoms with Crippen molar-refractivity contribution in [1.82, 2.24) is 10.1 Å². The van der Waals surface area contributed by atoms with Crippen LogP contribution in [-0.2, 0) is 0 Å². The second kappa shape index (κ2) is 3.82. The lowest BCUT2D eigenvalue weighted by atomic mass is 10.4. The minimum atomic E-state index is -0.304. The number of amides is 1. The molecule has 0 saturated heterocycles. The highest BCUT2D eigenvalue weighted by Crippen LogP contribution is 2.17. The van der Waals surface area contributed by atoms with E-state index >= 15 is 0 Å². The summed E-state index contributed by atoms with van der Waals surface area (Å²) in [7, 11) is 0. The Balaban J connectivity index is 2.10. The average molecular weight is 223 g/mol. The molecular formula is C9H9N3O2S. The molecule has 1 N–H and O–H groups in total. The van der Waals surface area contributed by atoms with Gasteiger partial charge in [0.1, 0.15) is 5.76 Å². The molecule has 0 fully saturated rings. The van der Waals surface area contributed by atoms with Gasteiger partial charge in [-0.2, -0.15) is 0 Å². The van der Waals surface area contributed by atoms with E-state index in [9.17, 15) is 4.79 Å². The minimum absolute atomic E-state index is 0.264. The maximum absolute atomic E-state index is 11.6. The van der Waals surface area contributed by atoms with E-state index in [1.54, 1.807) is 19.2 Å². The molecule has 0 atom stereocenters. The largest absolute Gasteiger partial charge is 0.361 e. The number of nitrogens with one attached hydrogen (secondary N) is 1. The standard InChI is InChI=1S/C9H9N3O2S/c1-5-3-7(12-14-5)8(13)11-9-10-4-6(2)15-9/h3-4H,1-2H3,(H,10,11,13). The topological polar surface area (TPSA) is 68.0 Å². The summed E-state index contributed by atoms with van der Waals surface area (Å²) in [5.74, 6) is 0.302. The molecule has 2 heterocycles. The van der Waals surface area contributed by atoms with Crippen molar-refractivity contribution >= 4 is 22.4 Å². The average Bonchev–Trinajstić information content (AvgIpc) is 2.75. The van der Waals surface area contributed by atoms with Crippen LogP contribution < -0.4 is 5.32 Å². The number of anilines is 1. The predicted molar refractivity (Wildman–Crippen MR) is 56.0 cm³/mol. The van der Waals surface area contributed by atoms with Gasteiger partial charge in [-0.05, 0) is 13.8 Å². The fourth-order valence-corrected chi connectivity index (χ4v) is 1.71. The van der Waals surface area contributed by atoms with Gasteiger partial charge in [-0.3, -0.25) is 10.1 Å². The normalized spacial score (nSPS) is 10.3. The maximum atomic E-state index is 11.6. The van der Waals surface area contributed by atoms with Crippen molar-refractivity contribution in [3.05, 3.63) is 28.6 Å². The summed E-state index contributed by atoms with van der Waals surface area (Å²) in [6.45, 7) is 3.66. The van der Waals surface area contributed by atoms with Crippen molar-refractivity contribution in [2.24, 2.45) is 0 Å². The maximum Gasteiger partial charge on any atom is 0.279 e. The summed E-state index contributed by atoms with van der Waals surface area (Å²) in [5, 5.41) is 6.81. The molecule has 0 aliphatic heterocycles. The van der Waals surface area contributed by atoms with Crippen LogP contribution >= 0.6 is 11.3 Å². The minimum Gasteiger partial charge on any atom is -0.361 e. The van der Waals surface area contributed by atoms with E-state index in [-0.39, 0.29) is 11.6 Å². The molecule has 2 aromatic rings. The molecule has 6 heteroatoms. The first-order valence-corrected chi connectivity index (χ1v) is 5.14. The van der Waals surface area contributed by atoms with Gasteiger partial charge in [-0.1, -0.05) is 5.16 Å². The Labute approximate surface area is 90.1 Å². The summed E-state index contributed by atoms with van der Waals surface area (Å²) in [5.41, 5.74) is 0.264. The highest BCUT2D eigenvalue weighted by Gasteiger charge is 2.12. The zero-order valence-electron chi connectivity index (χ0n) is 8.27. The van der Waals surface area contributed by atoms with E-state index < -0.39 is 0 Å². The number of rotatable bonds is 2. The van der Waals surface area contributed by atoms with Gasteiger partial charge in [0.05, 0.1) is 0 Å². The molecule has 0 bridgehead atoms. The van der Waals surface area contributed by atoms with Crippen LogP contribution in [0.3, 0.4) is 0 Å². The van der Waals surface area contributed by atoms with Gasteiger partial charge in [-0.25, -0.2) is 4.98 Å². The third-order valence-corrected chi connectivity index (χ3v) is 2.53. The highest BCUT2D eigenvalue weighted by atomic mass is 32.1. The van der Waals surface area contributed by atoms with Gasteiger partial charge in [0.15, 0.2) is 10.8 Å². The van der Waals surface area contributed by atoms with Crippen LogP contribution in [0.15, 0.2) is 16.8 Å². The van der Waals surface area contributed by atoms with E-state index in [1.807, 2.05) is 6.92 Å². The van der Waals surface area contributed by atoms with Crippen LogP contribution in [0.5, 0.6) is 0 Å². The molecule has 5 nitrogen and oxygen atoms in total. The number of hydrogen-bond acceptors (Lipinski definition) is 5. The number of carbonyl (C=O) groups excluding carboxylic acids is 1. The van der Waals surface area contributed by atoms with Crippen LogP contribution in [0.2, 0.25) is 0 Å². The summed E-state index contributed by atoms with van der Waals surface area (Å²) >= 11 is 1.42. The lowest BCUT2D eigenvalue weighted by molar-refractivity contribution is 0.101. The number of nitrogens with zero attached hydrogens (tertiary/aromatic N) is 2. The fraction of sp³-hybridized carbons (Fsp3) is 0.222. The van der Waals surface area contributed by atoms with Crippen LogP contribution in [-0.4, -0.2) is 16.0 Å². The summed E-state index contributed by atoms with van der Waals surface area (Å²) in [6, 6.07) is 1.58. The molecule has 2 aromatic heterocycles. The first-order valence-electron chi connectivity index (χ1n) is 4.32. The molecule has 0 radical (unpaired) electrons. The molecule has 0 unspecified atom stereocenters. The Kier molecular flexibility index (Phi) is 2.51. The van der Waals surface area contributed by atoms with E-state index in [0.717, 1.165) is 4.88 Å². The molecule has 15 heavy (non-hydrogen) atoms. The molecule has 0 aliphatic rings. The second-order valence-electron chi connectivity index (χ2n) is 3.05. The van der Waals surface area contributed by atoms with Crippen LogP contribution in [0, 0.1) is 13.8 Å². The Hall–Kier alpha value is -1.69. The van der Waals surface area contributed by atoms with Gasteiger partial charge < -0.3 is 4.52 Å². The molecule has 78 valence electrons. The quantitative estimate of drug-likeness (QED) is 0.845. The Bertz CT molecular complexity index is 489. The smallest absolute Gasteiger partial charge is 0.279 e. The third kappa shape index (κ3) is 2.21. The number of hydrogen-bond donors (Lipinski definition) is 1. The third-order valence-electron chi connectivity index (χ3n) is 1.70. The molecule has 0 spiro atoms. The number of thiazole rings is 1. The van der Waals surface area contributed by atoms with Gasteiger partial charge in [0.25, 0.3) is 5.91 Å². The molecule has 0 saturated carbocycles. The summed E-state index contributed by atoms with van der Waals surface area (Å²) < 4.78 is 4.80. The van der Waals surface area contributed by atoms with Gasteiger partial charge >= 0.3 is 0 Å². The van der Waals surface area contributed by atoms with Crippen LogP contribution in [0.1, 0.15) is 21.1 Å². The lowest BCUT2D eigenvalue weighted by Crippen LogP contribution is -2.11. The van der Waals surface area contributed by atoms with Gasteiger partial charge in [0.2, 0.25) is 0 Å². The zero-order valence-corrected chi connectivity index (χ0v) is 9.09. The van der Waals surface area contributed by atoms with Gasteiger partial charge in [0, 0.05) is 17.1 Å². The Morgan fingerprint density at radius 1 is 1.53 bits per heavy atom. The van der Waals surface area contributed by atoms with Crippen LogP contribution in [0.4, 0.5) is 5.13 Å². The Morgan fingerprint density at radius 3 is 2.87 bits per heavy atom. The van der Waals surface area contributed by atoms with E-state index in [2.05, 4.69) is 15.5 Å². The summed E-state index contributed by atoms with van der Waals surface area (Å²) in [4.78, 5) is 16.6. The molecule has 1 amide bonds. The molecule has 2 rings (SSSR count). The molecule has 0 aliphatic carbocycles. The highest BCUT2D eigenvalue weighted by molar-refractivity contribution is 7.15. The zero-order chi connectivity index (χ0) is 10.8. The predicted octanol–water partition coefficient (Wildman–Crippen LogP) is 2.00. The van der Waals surface area contributed by atoms with Crippen molar-refractivity contribution < 1.29 is 9.32 Å². The van der Waals surface area contributed by atoms with E-state index in [4.69, 9.17) is 4.52 Å². The Morgan fingerprint density at radius 2 is 2.33 bits per heavy atom. The van der Waals surface area contributed by atoms with E-state index in [0.29, 0.717) is 10.9 Å². The van der Waals surface area contributed by atoms with Crippen LogP contribution in [0.25, 0.3) is 0 Å².